The van der Waals surface area contributed by atoms with Crippen LogP contribution in [0.5, 0.6) is 0 Å². The molecule has 0 amide bonds. The van der Waals surface area contributed by atoms with Crippen LogP contribution in [0.3, 0.4) is 0 Å². The molecule has 0 saturated carbocycles. The molecule has 0 spiro atoms. The molecule has 0 aliphatic rings. The summed E-state index contributed by atoms with van der Waals surface area (Å²) in [6, 6.07) is 0. The van der Waals surface area contributed by atoms with Crippen LogP contribution in [-0.2, 0) is 0 Å². The van der Waals surface area contributed by atoms with Gasteiger partial charge in [0.15, 0.2) is 10.1 Å². The van der Waals surface area contributed by atoms with Crippen molar-refractivity contribution in [1.29, 1.82) is 0 Å². The van der Waals surface area contributed by atoms with Gasteiger partial charge >= 0.3 is 5.96 Å². The first-order chi connectivity index (χ1) is 8.22. The smallest absolute Gasteiger partial charge is 0.234 e. The van der Waals surface area contributed by atoms with Crippen molar-refractivity contribution in [3.8, 4) is 0 Å². The van der Waals surface area contributed by atoms with Crippen molar-refractivity contribution in [3.63, 3.8) is 0 Å². The topological polar surface area (TPSA) is 191 Å². The largest absolute Gasteiger partial charge is 0.469 e. The van der Waals surface area contributed by atoms with Gasteiger partial charge in [-0.2, -0.15) is 0 Å². The van der Waals surface area contributed by atoms with Crippen LogP contribution in [0, 0.1) is 40.5 Å². The van der Waals surface area contributed by atoms with Gasteiger partial charge in [-0.1, -0.05) is 0 Å². The highest BCUT2D eigenvalue weighted by Crippen LogP contribution is 2.01. The zero-order chi connectivity index (χ0) is 14.5. The zero-order valence-electron chi connectivity index (χ0n) is 8.60. The normalized spacial score (nSPS) is 10.6. The molecule has 18 heavy (non-hydrogen) atoms. The first kappa shape index (κ1) is 14.9. The number of nitrogens with zero attached hydrogens (tertiary/aromatic N) is 7. The molecule has 0 bridgehead atoms. The Morgan fingerprint density at radius 3 is 1.67 bits per heavy atom. The molecule has 0 heterocycles. The zero-order valence-corrected chi connectivity index (χ0v) is 8.60. The maximum Gasteiger partial charge on any atom is 0.469 e. The van der Waals surface area contributed by atoms with E-state index in [-0.39, 0.29) is 5.01 Å². The standard InChI is InChI=1S/C3H5N7O8/c1-2-5(8(13)14)3(4-7(11)12)6(9(15)16)10(17)18/h2H2,1H3/b4-3+. The minimum absolute atomic E-state index is 0.214. The number of hydrogen-bond donors (Lipinski definition) is 0. The van der Waals surface area contributed by atoms with Crippen LogP contribution in [0.4, 0.5) is 0 Å². The van der Waals surface area contributed by atoms with Crippen molar-refractivity contribution in [3.05, 3.63) is 40.5 Å². The second-order valence-corrected chi connectivity index (χ2v) is 2.36. The summed E-state index contributed by atoms with van der Waals surface area (Å²) >= 11 is 0. The molecular formula is C3H5N7O8. The van der Waals surface area contributed by atoms with Crippen molar-refractivity contribution in [2.75, 3.05) is 6.54 Å². The number of guanidine groups is 1. The van der Waals surface area contributed by atoms with Gasteiger partial charge in [0.25, 0.3) is 0 Å². The first-order valence-electron chi connectivity index (χ1n) is 3.95. The molecular weight excluding hydrogens is 262 g/mol. The van der Waals surface area contributed by atoms with Crippen LogP contribution in [0.15, 0.2) is 5.10 Å². The van der Waals surface area contributed by atoms with E-state index >= 15 is 0 Å². The lowest BCUT2D eigenvalue weighted by molar-refractivity contribution is -0.886. The Morgan fingerprint density at radius 2 is 1.44 bits per heavy atom. The second kappa shape index (κ2) is 5.82. The Kier molecular flexibility index (Phi) is 4.81. The summed E-state index contributed by atoms with van der Waals surface area (Å²) in [7, 11) is 0. The highest BCUT2D eigenvalue weighted by atomic mass is 16.8. The van der Waals surface area contributed by atoms with Crippen molar-refractivity contribution >= 4 is 5.96 Å². The van der Waals surface area contributed by atoms with Gasteiger partial charge in [-0.25, -0.2) is 40.5 Å². The molecule has 100 valence electrons. The maximum atomic E-state index is 10.5. The molecule has 0 aliphatic heterocycles. The van der Waals surface area contributed by atoms with Gasteiger partial charge in [-0.15, -0.1) is 0 Å². The van der Waals surface area contributed by atoms with Gasteiger partial charge < -0.3 is 0 Å². The number of hydrazine groups is 3. The number of nitro groups is 4. The molecule has 0 fully saturated rings. The average molecular weight is 267 g/mol. The molecule has 0 aromatic carbocycles. The third kappa shape index (κ3) is 3.47. The molecule has 0 unspecified atom stereocenters. The van der Waals surface area contributed by atoms with E-state index in [0.717, 1.165) is 6.92 Å². The fraction of sp³-hybridized carbons (Fsp3) is 0.667. The van der Waals surface area contributed by atoms with Gasteiger partial charge in [-0.3, -0.25) is 0 Å². The summed E-state index contributed by atoms with van der Waals surface area (Å²) in [6.07, 6.45) is 0. The van der Waals surface area contributed by atoms with Crippen LogP contribution in [0.25, 0.3) is 0 Å². The summed E-state index contributed by atoms with van der Waals surface area (Å²) in [6.45, 7) is 0.480. The molecule has 0 N–H and O–H groups in total. The SMILES string of the molecule is CCN(/C(=N\[N+](=O)[O-])N([N+](=O)[O-])[N+](=O)[O-])[N+](=O)[O-]. The monoisotopic (exact) mass is 267 g/mol. The van der Waals surface area contributed by atoms with Crippen molar-refractivity contribution < 1.29 is 20.1 Å². The third-order valence-corrected chi connectivity index (χ3v) is 1.39. The lowest BCUT2D eigenvalue weighted by Gasteiger charge is -2.10. The van der Waals surface area contributed by atoms with Crippen LogP contribution >= 0.6 is 0 Å². The van der Waals surface area contributed by atoms with E-state index in [2.05, 4.69) is 5.10 Å². The van der Waals surface area contributed by atoms with Crippen molar-refractivity contribution in [1.82, 2.24) is 10.1 Å². The number of hydrogen-bond acceptors (Lipinski definition) is 8. The molecule has 0 saturated heterocycles. The molecule has 0 aromatic heterocycles. The summed E-state index contributed by atoms with van der Waals surface area (Å²) in [5, 5.41) is 36.1. The van der Waals surface area contributed by atoms with Crippen LogP contribution in [0.2, 0.25) is 0 Å². The lowest BCUT2D eigenvalue weighted by Crippen LogP contribution is -2.52. The fourth-order valence-corrected chi connectivity index (χ4v) is 0.804. The highest BCUT2D eigenvalue weighted by molar-refractivity contribution is 5.75. The van der Waals surface area contributed by atoms with E-state index in [0.29, 0.717) is 0 Å². The van der Waals surface area contributed by atoms with E-state index in [1.165, 1.54) is 0 Å². The summed E-state index contributed by atoms with van der Waals surface area (Å²) in [5.74, 6) is -1.65. The van der Waals surface area contributed by atoms with E-state index in [9.17, 15) is 40.5 Å². The minimum Gasteiger partial charge on any atom is -0.234 e. The van der Waals surface area contributed by atoms with Gasteiger partial charge in [0, 0.05) is 0 Å². The Labute approximate surface area is 96.4 Å². The van der Waals surface area contributed by atoms with Gasteiger partial charge in [-0.05, 0) is 11.9 Å². The fourth-order valence-electron chi connectivity index (χ4n) is 0.804. The van der Waals surface area contributed by atoms with E-state index in [1.54, 1.807) is 0 Å². The van der Waals surface area contributed by atoms with Gasteiger partial charge in [0.2, 0.25) is 15.2 Å². The predicted octanol–water partition coefficient (Wildman–Crippen LogP) is -1.27. The van der Waals surface area contributed by atoms with Crippen molar-refractivity contribution in [2.24, 2.45) is 5.10 Å². The Bertz CT molecular complexity index is 403. The molecule has 0 aromatic rings. The molecule has 0 radical (unpaired) electrons. The molecule has 0 atom stereocenters. The Hall–Kier alpha value is -3.13. The van der Waals surface area contributed by atoms with Crippen LogP contribution in [-0.4, -0.2) is 42.8 Å². The average Bonchev–Trinajstić information content (AvgIpc) is 2.15. The summed E-state index contributed by atoms with van der Waals surface area (Å²) in [5.41, 5.74) is 0. The molecule has 15 nitrogen and oxygen atoms in total. The molecule has 0 aliphatic carbocycles. The quantitative estimate of drug-likeness (QED) is 0.251. The van der Waals surface area contributed by atoms with Crippen LogP contribution in [0.1, 0.15) is 6.92 Å². The summed E-state index contributed by atoms with van der Waals surface area (Å²) < 4.78 is 0. The van der Waals surface area contributed by atoms with E-state index in [4.69, 9.17) is 0 Å². The van der Waals surface area contributed by atoms with E-state index in [1.807, 2.05) is 0 Å². The Morgan fingerprint density at radius 1 is 1.00 bits per heavy atom. The van der Waals surface area contributed by atoms with E-state index < -0.39 is 37.8 Å². The number of hydrazone groups is 1. The maximum absolute atomic E-state index is 10.5. The first-order valence-corrected chi connectivity index (χ1v) is 3.95. The number of rotatable bonds is 5. The summed E-state index contributed by atoms with van der Waals surface area (Å²) in [4.78, 5) is 41.2. The third-order valence-electron chi connectivity index (χ3n) is 1.39. The molecule has 0 rings (SSSR count). The second-order valence-electron chi connectivity index (χ2n) is 2.36. The highest BCUT2D eigenvalue weighted by Gasteiger charge is 2.46. The van der Waals surface area contributed by atoms with Crippen molar-refractivity contribution in [2.45, 2.75) is 6.92 Å². The predicted molar refractivity (Wildman–Crippen MR) is 49.6 cm³/mol. The lowest BCUT2D eigenvalue weighted by atomic mass is 10.7. The van der Waals surface area contributed by atoms with Crippen LogP contribution < -0.4 is 0 Å². The van der Waals surface area contributed by atoms with Gasteiger partial charge in [0.05, 0.1) is 6.54 Å². The minimum atomic E-state index is -1.69. The molecule has 15 heteroatoms. The van der Waals surface area contributed by atoms with Gasteiger partial charge in [0.1, 0.15) is 5.10 Å². The Balaban J connectivity index is 5.74.